The number of fused-ring (bicyclic) bond motifs is 2. The summed E-state index contributed by atoms with van der Waals surface area (Å²) >= 11 is 0. The Labute approximate surface area is 211 Å². The molecule has 1 unspecified atom stereocenters. The standard InChI is InChI=1S/C26H28F3N3O5/c1-32-4-2-3-13(9-32)10-34-14-5-15(27)23(16(28)6-14)24-17(29)7-18-19(31-24)8-22(30-18)37-21-12-36-25-20(33)11-35-26(21)25/h5-8,13,20-21,25-26,30,33H,2-4,9-12H2,1H3/t13?,20-,21-,25-,26-/m1/s1. The Kier molecular flexibility index (Phi) is 6.47. The van der Waals surface area contributed by atoms with E-state index in [1.165, 1.54) is 6.07 Å². The minimum Gasteiger partial charge on any atom is -0.493 e. The van der Waals surface area contributed by atoms with Crippen LogP contribution in [0.4, 0.5) is 13.2 Å². The maximum atomic E-state index is 15.0. The Morgan fingerprint density at radius 2 is 1.86 bits per heavy atom. The Hall–Kier alpha value is -2.86. The van der Waals surface area contributed by atoms with Crippen molar-refractivity contribution in [2.45, 2.75) is 37.3 Å². The second kappa shape index (κ2) is 9.79. The number of aromatic amines is 1. The number of aromatic nitrogens is 2. The molecule has 3 aliphatic heterocycles. The number of nitrogens with zero attached hydrogens (tertiary/aromatic N) is 2. The van der Waals surface area contributed by atoms with E-state index in [2.05, 4.69) is 14.9 Å². The summed E-state index contributed by atoms with van der Waals surface area (Å²) in [4.78, 5) is 9.30. The molecule has 198 valence electrons. The van der Waals surface area contributed by atoms with E-state index in [1.807, 2.05) is 7.05 Å². The van der Waals surface area contributed by atoms with Crippen LogP contribution in [0.2, 0.25) is 0 Å². The number of ether oxygens (including phenoxy) is 4. The molecule has 0 radical (unpaired) electrons. The van der Waals surface area contributed by atoms with Gasteiger partial charge in [0.15, 0.2) is 17.8 Å². The van der Waals surface area contributed by atoms with Crippen molar-refractivity contribution in [3.63, 3.8) is 0 Å². The highest BCUT2D eigenvalue weighted by Crippen LogP contribution is 2.34. The number of halogens is 3. The summed E-state index contributed by atoms with van der Waals surface area (Å²) in [7, 11) is 2.03. The molecule has 0 amide bonds. The first-order chi connectivity index (χ1) is 17.9. The summed E-state index contributed by atoms with van der Waals surface area (Å²) in [5, 5.41) is 9.89. The van der Waals surface area contributed by atoms with Gasteiger partial charge in [0.2, 0.25) is 0 Å². The molecule has 0 saturated carbocycles. The number of aliphatic hydroxyl groups is 1. The van der Waals surface area contributed by atoms with Crippen LogP contribution in [-0.4, -0.2) is 84.3 Å². The maximum absolute atomic E-state index is 15.0. The van der Waals surface area contributed by atoms with Gasteiger partial charge in [0, 0.05) is 36.7 Å². The van der Waals surface area contributed by atoms with Gasteiger partial charge in [-0.25, -0.2) is 18.2 Å². The predicted octanol–water partition coefficient (Wildman–Crippen LogP) is 3.27. The van der Waals surface area contributed by atoms with Crippen molar-refractivity contribution in [3.05, 3.63) is 41.7 Å². The van der Waals surface area contributed by atoms with Gasteiger partial charge in [-0.1, -0.05) is 0 Å². The number of likely N-dealkylation sites (tertiary alicyclic amines) is 1. The lowest BCUT2D eigenvalue weighted by atomic mass is 9.99. The van der Waals surface area contributed by atoms with Crippen molar-refractivity contribution in [3.8, 4) is 22.9 Å². The number of benzene rings is 1. The molecule has 2 aromatic heterocycles. The smallest absolute Gasteiger partial charge is 0.193 e. The zero-order chi connectivity index (χ0) is 25.7. The van der Waals surface area contributed by atoms with E-state index in [1.54, 1.807) is 0 Å². The first-order valence-electron chi connectivity index (χ1n) is 12.4. The molecule has 0 aliphatic carbocycles. The van der Waals surface area contributed by atoms with E-state index < -0.39 is 53.1 Å². The molecule has 3 fully saturated rings. The zero-order valence-corrected chi connectivity index (χ0v) is 20.3. The molecule has 11 heteroatoms. The van der Waals surface area contributed by atoms with Crippen LogP contribution >= 0.6 is 0 Å². The van der Waals surface area contributed by atoms with Crippen LogP contribution in [0.15, 0.2) is 24.3 Å². The molecule has 3 aliphatic rings. The summed E-state index contributed by atoms with van der Waals surface area (Å²) in [6, 6.07) is 4.77. The second-order valence-electron chi connectivity index (χ2n) is 10.0. The van der Waals surface area contributed by atoms with Crippen LogP contribution in [0.5, 0.6) is 11.6 Å². The van der Waals surface area contributed by atoms with Crippen LogP contribution in [0.1, 0.15) is 12.8 Å². The molecule has 5 heterocycles. The number of pyridine rings is 1. The van der Waals surface area contributed by atoms with Crippen molar-refractivity contribution in [2.75, 3.05) is 40.0 Å². The lowest BCUT2D eigenvalue weighted by Crippen LogP contribution is -2.34. The van der Waals surface area contributed by atoms with Gasteiger partial charge in [0.25, 0.3) is 0 Å². The van der Waals surface area contributed by atoms with Crippen molar-refractivity contribution in [1.82, 2.24) is 14.9 Å². The first kappa shape index (κ1) is 24.5. The van der Waals surface area contributed by atoms with E-state index in [9.17, 15) is 9.50 Å². The van der Waals surface area contributed by atoms with E-state index in [4.69, 9.17) is 18.9 Å². The molecule has 5 atom stereocenters. The first-order valence-corrected chi connectivity index (χ1v) is 12.4. The summed E-state index contributed by atoms with van der Waals surface area (Å²) < 4.78 is 67.7. The van der Waals surface area contributed by atoms with Gasteiger partial charge in [-0.05, 0) is 26.4 Å². The van der Waals surface area contributed by atoms with Gasteiger partial charge >= 0.3 is 0 Å². The summed E-state index contributed by atoms with van der Waals surface area (Å²) in [5.41, 5.74) is -0.430. The molecular formula is C26H28F3N3O5. The third kappa shape index (κ3) is 4.76. The largest absolute Gasteiger partial charge is 0.493 e. The fraction of sp³-hybridized carbons (Fsp3) is 0.500. The van der Waals surface area contributed by atoms with Gasteiger partial charge < -0.3 is 33.9 Å². The highest BCUT2D eigenvalue weighted by atomic mass is 19.1. The lowest BCUT2D eigenvalue weighted by Gasteiger charge is -2.29. The quantitative estimate of drug-likeness (QED) is 0.517. The molecule has 3 aromatic rings. The number of hydrogen-bond donors (Lipinski definition) is 2. The third-order valence-corrected chi connectivity index (χ3v) is 7.25. The van der Waals surface area contributed by atoms with E-state index >= 15 is 8.78 Å². The average Bonchev–Trinajstić information content (AvgIpc) is 3.54. The zero-order valence-electron chi connectivity index (χ0n) is 20.3. The number of hydrogen-bond acceptors (Lipinski definition) is 7. The second-order valence-corrected chi connectivity index (χ2v) is 10.0. The molecule has 0 spiro atoms. The van der Waals surface area contributed by atoms with E-state index in [0.29, 0.717) is 12.1 Å². The van der Waals surface area contributed by atoms with Crippen molar-refractivity contribution in [1.29, 1.82) is 0 Å². The van der Waals surface area contributed by atoms with Crippen molar-refractivity contribution in [2.24, 2.45) is 5.92 Å². The van der Waals surface area contributed by atoms with Crippen molar-refractivity contribution < 1.29 is 37.2 Å². The van der Waals surface area contributed by atoms with Crippen molar-refractivity contribution >= 4 is 11.0 Å². The molecule has 6 rings (SSSR count). The molecule has 37 heavy (non-hydrogen) atoms. The van der Waals surface area contributed by atoms with Gasteiger partial charge in [0.05, 0.1) is 36.4 Å². The SMILES string of the molecule is CN1CCCC(COc2cc(F)c(-c3nc4cc(O[C@@H]5CO[C@H]6[C@@H]5OC[C@H]6O)[nH]c4cc3F)c(F)c2)C1. The maximum Gasteiger partial charge on any atom is 0.193 e. The fourth-order valence-electron chi connectivity index (χ4n) is 5.44. The normalized spacial score (nSPS) is 28.1. The minimum atomic E-state index is -0.959. The average molecular weight is 520 g/mol. The third-order valence-electron chi connectivity index (χ3n) is 7.25. The van der Waals surface area contributed by atoms with Crippen LogP contribution < -0.4 is 9.47 Å². The summed E-state index contributed by atoms with van der Waals surface area (Å²) in [5.74, 6) is -2.19. The van der Waals surface area contributed by atoms with Crippen LogP contribution in [0.25, 0.3) is 22.3 Å². The number of piperidine rings is 1. The van der Waals surface area contributed by atoms with Gasteiger partial charge in [-0.15, -0.1) is 0 Å². The summed E-state index contributed by atoms with van der Waals surface area (Å²) in [6.07, 6.45) is -0.0263. The number of rotatable bonds is 6. The molecule has 3 saturated heterocycles. The van der Waals surface area contributed by atoms with Gasteiger partial charge in [0.1, 0.15) is 41.4 Å². The Bertz CT molecular complexity index is 1280. The highest BCUT2D eigenvalue weighted by Gasteiger charge is 2.48. The van der Waals surface area contributed by atoms with Crippen LogP contribution in [0.3, 0.4) is 0 Å². The number of aliphatic hydroxyl groups excluding tert-OH is 1. The highest BCUT2D eigenvalue weighted by molar-refractivity contribution is 5.81. The minimum absolute atomic E-state index is 0.0575. The molecule has 0 bridgehead atoms. The van der Waals surface area contributed by atoms with Crippen LogP contribution in [0, 0.1) is 23.4 Å². The molecule has 1 aromatic carbocycles. The summed E-state index contributed by atoms with van der Waals surface area (Å²) in [6.45, 7) is 2.63. The monoisotopic (exact) mass is 519 g/mol. The number of nitrogens with one attached hydrogen (secondary N) is 1. The molecule has 8 nitrogen and oxygen atoms in total. The van der Waals surface area contributed by atoms with E-state index in [0.717, 1.165) is 44.1 Å². The van der Waals surface area contributed by atoms with Crippen LogP contribution in [-0.2, 0) is 9.47 Å². The Morgan fingerprint density at radius 3 is 2.65 bits per heavy atom. The Morgan fingerprint density at radius 1 is 1.08 bits per heavy atom. The molecular weight excluding hydrogens is 491 g/mol. The number of H-pyrrole nitrogens is 1. The molecule has 2 N–H and O–H groups in total. The predicted molar refractivity (Wildman–Crippen MR) is 127 cm³/mol. The van der Waals surface area contributed by atoms with Gasteiger partial charge in [-0.3, -0.25) is 0 Å². The fourth-order valence-corrected chi connectivity index (χ4v) is 5.44. The lowest BCUT2D eigenvalue weighted by molar-refractivity contribution is 0.00794. The topological polar surface area (TPSA) is 89.1 Å². The van der Waals surface area contributed by atoms with Gasteiger partial charge in [-0.2, -0.15) is 0 Å². The Balaban J connectivity index is 1.21. The van der Waals surface area contributed by atoms with E-state index in [-0.39, 0.29) is 36.3 Å².